The number of carbonyl (C=O) groups is 1. The first-order chi connectivity index (χ1) is 10.9. The zero-order valence-electron chi connectivity index (χ0n) is 12.3. The maximum Gasteiger partial charge on any atom is 0.276 e. The third kappa shape index (κ3) is 4.08. The van der Waals surface area contributed by atoms with E-state index in [1.54, 1.807) is 38.6 Å². The number of ether oxygens (including phenoxy) is 1. The van der Waals surface area contributed by atoms with Crippen LogP contribution in [0.3, 0.4) is 0 Å². The molecule has 0 saturated carbocycles. The number of hydrazone groups is 1. The van der Waals surface area contributed by atoms with Crippen molar-refractivity contribution in [3.05, 3.63) is 60.9 Å². The number of halogens is 2. The monoisotopic (exact) mass is 441 g/mol. The van der Waals surface area contributed by atoms with Gasteiger partial charge in [-0.3, -0.25) is 9.59 Å². The topological polar surface area (TPSA) is 72.7 Å². The molecule has 0 saturated heterocycles. The molecule has 1 N–H and O–H groups in total. The van der Waals surface area contributed by atoms with E-state index < -0.39 is 5.91 Å². The van der Waals surface area contributed by atoms with Gasteiger partial charge < -0.3 is 9.30 Å². The van der Waals surface area contributed by atoms with Crippen LogP contribution < -0.4 is 15.7 Å². The highest BCUT2D eigenvalue weighted by molar-refractivity contribution is 9.11. The van der Waals surface area contributed by atoms with Crippen LogP contribution in [0.15, 0.2) is 49.3 Å². The van der Waals surface area contributed by atoms with Crippen LogP contribution in [0.5, 0.6) is 5.75 Å². The van der Waals surface area contributed by atoms with Gasteiger partial charge in [0.1, 0.15) is 11.3 Å². The summed E-state index contributed by atoms with van der Waals surface area (Å²) in [6.45, 7) is 0. The van der Waals surface area contributed by atoms with Crippen LogP contribution in [0, 0.1) is 0 Å². The van der Waals surface area contributed by atoms with Gasteiger partial charge in [0, 0.05) is 13.2 Å². The second-order valence-electron chi connectivity index (χ2n) is 4.55. The van der Waals surface area contributed by atoms with Gasteiger partial charge in [0.2, 0.25) is 0 Å². The maximum absolute atomic E-state index is 12.0. The minimum Gasteiger partial charge on any atom is -0.494 e. The molecular weight excluding hydrogens is 430 g/mol. The third-order valence-corrected chi connectivity index (χ3v) is 4.15. The number of aromatic nitrogens is 1. The van der Waals surface area contributed by atoms with E-state index in [0.29, 0.717) is 5.75 Å². The Morgan fingerprint density at radius 3 is 2.61 bits per heavy atom. The van der Waals surface area contributed by atoms with Gasteiger partial charge in [-0.1, -0.05) is 0 Å². The van der Waals surface area contributed by atoms with Crippen molar-refractivity contribution in [1.82, 2.24) is 9.99 Å². The molecule has 0 fully saturated rings. The lowest BCUT2D eigenvalue weighted by atomic mass is 10.2. The summed E-state index contributed by atoms with van der Waals surface area (Å²) in [5.74, 6) is 0.105. The second-order valence-corrected chi connectivity index (χ2v) is 6.26. The first kappa shape index (κ1) is 17.4. The molecule has 0 aliphatic rings. The summed E-state index contributed by atoms with van der Waals surface area (Å²) < 4.78 is 8.04. The molecule has 8 heteroatoms. The molecule has 2 rings (SSSR count). The lowest BCUT2D eigenvalue weighted by Crippen LogP contribution is -2.29. The first-order valence-electron chi connectivity index (χ1n) is 6.46. The summed E-state index contributed by atoms with van der Waals surface area (Å²) in [5.41, 5.74) is 2.73. The molecule has 0 atom stereocenters. The van der Waals surface area contributed by atoms with E-state index in [9.17, 15) is 9.59 Å². The average Bonchev–Trinajstić information content (AvgIpc) is 2.49. The zero-order valence-corrected chi connectivity index (χ0v) is 15.5. The van der Waals surface area contributed by atoms with Gasteiger partial charge in [-0.25, -0.2) is 5.43 Å². The molecule has 0 bridgehead atoms. The molecule has 1 heterocycles. The van der Waals surface area contributed by atoms with Crippen LogP contribution in [-0.2, 0) is 7.05 Å². The highest BCUT2D eigenvalue weighted by atomic mass is 79.9. The molecule has 6 nitrogen and oxygen atoms in total. The molecule has 23 heavy (non-hydrogen) atoms. The number of hydrogen-bond acceptors (Lipinski definition) is 4. The molecule has 1 aromatic heterocycles. The molecule has 0 spiro atoms. The summed E-state index contributed by atoms with van der Waals surface area (Å²) in [6.07, 6.45) is 3.05. The maximum atomic E-state index is 12.0. The molecule has 0 unspecified atom stereocenters. The predicted molar refractivity (Wildman–Crippen MR) is 95.1 cm³/mol. The molecular formula is C15H13Br2N3O3. The number of benzene rings is 1. The number of aryl methyl sites for hydroxylation is 1. The molecule has 0 radical (unpaired) electrons. The number of methoxy groups -OCH3 is 1. The molecule has 120 valence electrons. The van der Waals surface area contributed by atoms with Crippen molar-refractivity contribution in [1.29, 1.82) is 0 Å². The number of rotatable bonds is 4. The van der Waals surface area contributed by atoms with Crippen LogP contribution in [0.2, 0.25) is 0 Å². The lowest BCUT2D eigenvalue weighted by Gasteiger charge is -2.06. The normalized spacial score (nSPS) is 10.8. The summed E-state index contributed by atoms with van der Waals surface area (Å²) in [6, 6.07) is 6.66. The number of nitrogens with one attached hydrogen (secondary N) is 1. The SMILES string of the molecule is COc1c(Br)cc(/C=N\NC(=O)c2cccn(C)c2=O)cc1Br. The van der Waals surface area contributed by atoms with Crippen molar-refractivity contribution in [3.63, 3.8) is 0 Å². The van der Waals surface area contributed by atoms with Gasteiger partial charge >= 0.3 is 0 Å². The molecule has 1 aromatic carbocycles. The quantitative estimate of drug-likeness (QED) is 0.584. The Morgan fingerprint density at radius 2 is 2.00 bits per heavy atom. The number of amides is 1. The van der Waals surface area contributed by atoms with Gasteiger partial charge in [-0.15, -0.1) is 0 Å². The first-order valence-corrected chi connectivity index (χ1v) is 8.04. The van der Waals surface area contributed by atoms with Crippen molar-refractivity contribution in [2.24, 2.45) is 12.1 Å². The number of pyridine rings is 1. The molecule has 1 amide bonds. The van der Waals surface area contributed by atoms with Crippen LogP contribution in [0.4, 0.5) is 0 Å². The standard InChI is InChI=1S/C15H13Br2N3O3/c1-20-5-3-4-10(15(20)22)14(21)19-18-8-9-6-11(16)13(23-2)12(17)7-9/h3-8H,1-2H3,(H,19,21)/b18-8-. The fourth-order valence-electron chi connectivity index (χ4n) is 1.84. The third-order valence-electron chi connectivity index (χ3n) is 2.97. The van der Waals surface area contributed by atoms with Crippen LogP contribution in [0.1, 0.15) is 15.9 Å². The molecule has 0 aliphatic carbocycles. The van der Waals surface area contributed by atoms with E-state index in [2.05, 4.69) is 42.4 Å². The van der Waals surface area contributed by atoms with Crippen LogP contribution >= 0.6 is 31.9 Å². The Labute approximate surface area is 149 Å². The number of hydrogen-bond donors (Lipinski definition) is 1. The van der Waals surface area contributed by atoms with E-state index in [1.165, 1.54) is 16.8 Å². The summed E-state index contributed by atoms with van der Waals surface area (Å²) in [5, 5.41) is 3.87. The highest BCUT2D eigenvalue weighted by Crippen LogP contribution is 2.33. The average molecular weight is 443 g/mol. The van der Waals surface area contributed by atoms with E-state index in [1.807, 2.05) is 0 Å². The Kier molecular flexibility index (Phi) is 5.73. The lowest BCUT2D eigenvalue weighted by molar-refractivity contribution is 0.0953. The second kappa shape index (κ2) is 7.56. The van der Waals surface area contributed by atoms with Gasteiger partial charge in [0.25, 0.3) is 11.5 Å². The Hall–Kier alpha value is -1.93. The van der Waals surface area contributed by atoms with E-state index in [0.717, 1.165) is 14.5 Å². The Morgan fingerprint density at radius 1 is 1.35 bits per heavy atom. The zero-order chi connectivity index (χ0) is 17.0. The predicted octanol–water partition coefficient (Wildman–Crippen LogP) is 2.68. The van der Waals surface area contributed by atoms with E-state index >= 15 is 0 Å². The van der Waals surface area contributed by atoms with Crippen molar-refractivity contribution < 1.29 is 9.53 Å². The molecule has 2 aromatic rings. The highest BCUT2D eigenvalue weighted by Gasteiger charge is 2.10. The van der Waals surface area contributed by atoms with Crippen molar-refractivity contribution in [2.45, 2.75) is 0 Å². The minimum atomic E-state index is -0.561. The van der Waals surface area contributed by atoms with Gasteiger partial charge in [0.05, 0.1) is 22.3 Å². The Balaban J connectivity index is 2.14. The van der Waals surface area contributed by atoms with E-state index in [-0.39, 0.29) is 11.1 Å². The minimum absolute atomic E-state index is 0.0317. The largest absolute Gasteiger partial charge is 0.494 e. The van der Waals surface area contributed by atoms with Crippen molar-refractivity contribution in [2.75, 3.05) is 7.11 Å². The van der Waals surface area contributed by atoms with Gasteiger partial charge in [-0.05, 0) is 61.7 Å². The van der Waals surface area contributed by atoms with Gasteiger partial charge in [0.15, 0.2) is 0 Å². The molecule has 0 aliphatic heterocycles. The smallest absolute Gasteiger partial charge is 0.276 e. The van der Waals surface area contributed by atoms with Crippen molar-refractivity contribution in [3.8, 4) is 5.75 Å². The fourth-order valence-corrected chi connectivity index (χ4v) is 3.39. The van der Waals surface area contributed by atoms with Crippen LogP contribution in [-0.4, -0.2) is 23.8 Å². The van der Waals surface area contributed by atoms with Crippen molar-refractivity contribution >= 4 is 44.0 Å². The summed E-state index contributed by atoms with van der Waals surface area (Å²) in [7, 11) is 3.15. The van der Waals surface area contributed by atoms with E-state index in [4.69, 9.17) is 4.74 Å². The summed E-state index contributed by atoms with van der Waals surface area (Å²) >= 11 is 6.77. The fraction of sp³-hybridized carbons (Fsp3) is 0.133. The number of carbonyl (C=O) groups excluding carboxylic acids is 1. The number of nitrogens with zero attached hydrogens (tertiary/aromatic N) is 2. The van der Waals surface area contributed by atoms with Crippen LogP contribution in [0.25, 0.3) is 0 Å². The summed E-state index contributed by atoms with van der Waals surface area (Å²) in [4.78, 5) is 23.8. The van der Waals surface area contributed by atoms with Gasteiger partial charge in [-0.2, -0.15) is 5.10 Å². The Bertz CT molecular complexity index is 808.